The van der Waals surface area contributed by atoms with Crippen LogP contribution in [0.15, 0.2) is 17.5 Å². The quantitative estimate of drug-likeness (QED) is 0.896. The summed E-state index contributed by atoms with van der Waals surface area (Å²) in [6.45, 7) is 6.09. The van der Waals surface area contributed by atoms with Gasteiger partial charge in [0.25, 0.3) is 5.91 Å². The highest BCUT2D eigenvalue weighted by Crippen LogP contribution is 2.21. The normalized spacial score (nSPS) is 15.4. The van der Waals surface area contributed by atoms with Gasteiger partial charge in [0.1, 0.15) is 0 Å². The number of likely N-dealkylation sites (tertiary alicyclic amines) is 1. The third kappa shape index (κ3) is 3.56. The van der Waals surface area contributed by atoms with Crippen LogP contribution in [0.2, 0.25) is 0 Å². The second kappa shape index (κ2) is 6.19. The van der Waals surface area contributed by atoms with Gasteiger partial charge in [-0.3, -0.25) is 9.59 Å². The highest BCUT2D eigenvalue weighted by molar-refractivity contribution is 7.12. The standard InChI is InChI=1S/C14H20N2O2S/c1-10(2)5-6-15-13(17)11-8-16(9-11)14(18)12-4-3-7-19-12/h3-4,7,10-11H,5-6,8-9H2,1-2H3,(H,15,17). The molecule has 4 nitrogen and oxygen atoms in total. The first-order valence-corrected chi connectivity index (χ1v) is 7.56. The number of rotatable bonds is 5. The van der Waals surface area contributed by atoms with E-state index in [0.29, 0.717) is 19.0 Å². The maximum Gasteiger partial charge on any atom is 0.263 e. The van der Waals surface area contributed by atoms with E-state index >= 15 is 0 Å². The fourth-order valence-electron chi connectivity index (χ4n) is 1.99. The molecule has 2 rings (SSSR count). The Morgan fingerprint density at radius 3 is 2.79 bits per heavy atom. The molecule has 0 radical (unpaired) electrons. The SMILES string of the molecule is CC(C)CCNC(=O)C1CN(C(=O)c2cccs2)C1. The van der Waals surface area contributed by atoms with E-state index in [4.69, 9.17) is 0 Å². The summed E-state index contributed by atoms with van der Waals surface area (Å²) in [6.07, 6.45) is 0.996. The Bertz CT molecular complexity index is 436. The van der Waals surface area contributed by atoms with Crippen LogP contribution < -0.4 is 5.32 Å². The van der Waals surface area contributed by atoms with E-state index in [-0.39, 0.29) is 17.7 Å². The number of hydrogen-bond donors (Lipinski definition) is 1. The molecule has 5 heteroatoms. The van der Waals surface area contributed by atoms with E-state index in [1.165, 1.54) is 11.3 Å². The summed E-state index contributed by atoms with van der Waals surface area (Å²) in [5.41, 5.74) is 0. The minimum Gasteiger partial charge on any atom is -0.356 e. The van der Waals surface area contributed by atoms with E-state index in [0.717, 1.165) is 17.8 Å². The molecular weight excluding hydrogens is 260 g/mol. The topological polar surface area (TPSA) is 49.4 Å². The summed E-state index contributed by atoms with van der Waals surface area (Å²) in [5, 5.41) is 4.83. The molecule has 1 aromatic rings. The number of hydrogen-bond acceptors (Lipinski definition) is 3. The summed E-state index contributed by atoms with van der Waals surface area (Å²) >= 11 is 1.44. The Morgan fingerprint density at radius 1 is 1.47 bits per heavy atom. The van der Waals surface area contributed by atoms with Gasteiger partial charge in [-0.1, -0.05) is 19.9 Å². The second-order valence-electron chi connectivity index (χ2n) is 5.36. The van der Waals surface area contributed by atoms with Crippen molar-refractivity contribution in [2.24, 2.45) is 11.8 Å². The lowest BCUT2D eigenvalue weighted by Gasteiger charge is -2.38. The predicted octanol–water partition coefficient (Wildman–Crippen LogP) is 1.98. The number of amides is 2. The van der Waals surface area contributed by atoms with Crippen molar-refractivity contribution in [1.82, 2.24) is 10.2 Å². The van der Waals surface area contributed by atoms with Gasteiger partial charge in [-0.05, 0) is 23.8 Å². The molecule has 1 N–H and O–H groups in total. The van der Waals surface area contributed by atoms with E-state index in [1.807, 2.05) is 17.5 Å². The van der Waals surface area contributed by atoms with Crippen molar-refractivity contribution in [1.29, 1.82) is 0 Å². The molecule has 1 aromatic heterocycles. The third-order valence-corrected chi connectivity index (χ3v) is 4.15. The Labute approximate surface area is 117 Å². The lowest BCUT2D eigenvalue weighted by Crippen LogP contribution is -2.55. The zero-order valence-electron chi connectivity index (χ0n) is 11.4. The van der Waals surface area contributed by atoms with Crippen LogP contribution in [0.25, 0.3) is 0 Å². The molecule has 0 unspecified atom stereocenters. The van der Waals surface area contributed by atoms with Gasteiger partial charge in [-0.25, -0.2) is 0 Å². The fraction of sp³-hybridized carbons (Fsp3) is 0.571. The van der Waals surface area contributed by atoms with Gasteiger partial charge in [0.2, 0.25) is 5.91 Å². The first-order chi connectivity index (χ1) is 9.08. The number of carbonyl (C=O) groups is 2. The van der Waals surface area contributed by atoms with Gasteiger partial charge in [0.15, 0.2) is 0 Å². The average molecular weight is 280 g/mol. The Kier molecular flexibility index (Phi) is 4.58. The van der Waals surface area contributed by atoms with Crippen LogP contribution >= 0.6 is 11.3 Å². The summed E-state index contributed by atoms with van der Waals surface area (Å²) in [5.74, 6) is 0.687. The van der Waals surface area contributed by atoms with Crippen molar-refractivity contribution in [3.63, 3.8) is 0 Å². The Hall–Kier alpha value is -1.36. The zero-order chi connectivity index (χ0) is 13.8. The first-order valence-electron chi connectivity index (χ1n) is 6.68. The van der Waals surface area contributed by atoms with Crippen molar-refractivity contribution < 1.29 is 9.59 Å². The first kappa shape index (κ1) is 14.1. The van der Waals surface area contributed by atoms with E-state index < -0.39 is 0 Å². The van der Waals surface area contributed by atoms with Crippen molar-refractivity contribution in [3.05, 3.63) is 22.4 Å². The van der Waals surface area contributed by atoms with Crippen LogP contribution in [0.1, 0.15) is 29.9 Å². The average Bonchev–Trinajstić information content (AvgIpc) is 2.79. The molecule has 0 aliphatic carbocycles. The predicted molar refractivity (Wildman–Crippen MR) is 76.2 cm³/mol. The van der Waals surface area contributed by atoms with Gasteiger partial charge < -0.3 is 10.2 Å². The van der Waals surface area contributed by atoms with Gasteiger partial charge in [-0.2, -0.15) is 0 Å². The highest BCUT2D eigenvalue weighted by Gasteiger charge is 2.36. The van der Waals surface area contributed by atoms with Crippen LogP contribution in [0.4, 0.5) is 0 Å². The molecular formula is C14H20N2O2S. The molecule has 0 spiro atoms. The molecule has 1 fully saturated rings. The minimum atomic E-state index is -0.0314. The lowest BCUT2D eigenvalue weighted by atomic mass is 9.98. The molecule has 0 bridgehead atoms. The molecule has 0 saturated carbocycles. The summed E-state index contributed by atoms with van der Waals surface area (Å²) in [6, 6.07) is 3.69. The van der Waals surface area contributed by atoms with Crippen molar-refractivity contribution in [3.8, 4) is 0 Å². The van der Waals surface area contributed by atoms with Crippen molar-refractivity contribution >= 4 is 23.2 Å². The van der Waals surface area contributed by atoms with Crippen LogP contribution in [0.5, 0.6) is 0 Å². The number of thiophene rings is 1. The monoisotopic (exact) mass is 280 g/mol. The van der Waals surface area contributed by atoms with Gasteiger partial charge in [-0.15, -0.1) is 11.3 Å². The van der Waals surface area contributed by atoms with Crippen molar-refractivity contribution in [2.45, 2.75) is 20.3 Å². The third-order valence-electron chi connectivity index (χ3n) is 3.29. The fourth-order valence-corrected chi connectivity index (χ4v) is 2.69. The summed E-state index contributed by atoms with van der Waals surface area (Å²) in [7, 11) is 0. The molecule has 1 aliphatic rings. The molecule has 0 aromatic carbocycles. The number of carbonyl (C=O) groups excluding carboxylic acids is 2. The van der Waals surface area contributed by atoms with Gasteiger partial charge in [0, 0.05) is 19.6 Å². The maximum atomic E-state index is 12.0. The van der Waals surface area contributed by atoms with Gasteiger partial charge in [0.05, 0.1) is 10.8 Å². The molecule has 2 amide bonds. The molecule has 1 saturated heterocycles. The lowest BCUT2D eigenvalue weighted by molar-refractivity contribution is -0.128. The van der Waals surface area contributed by atoms with Crippen molar-refractivity contribution in [2.75, 3.05) is 19.6 Å². The zero-order valence-corrected chi connectivity index (χ0v) is 12.2. The molecule has 0 atom stereocenters. The van der Waals surface area contributed by atoms with E-state index in [9.17, 15) is 9.59 Å². The molecule has 1 aliphatic heterocycles. The number of nitrogens with zero attached hydrogens (tertiary/aromatic N) is 1. The Morgan fingerprint density at radius 2 is 2.21 bits per heavy atom. The number of nitrogens with one attached hydrogen (secondary N) is 1. The highest BCUT2D eigenvalue weighted by atomic mass is 32.1. The summed E-state index contributed by atoms with van der Waals surface area (Å²) < 4.78 is 0. The molecule has 19 heavy (non-hydrogen) atoms. The summed E-state index contributed by atoms with van der Waals surface area (Å²) in [4.78, 5) is 26.3. The molecule has 2 heterocycles. The van der Waals surface area contributed by atoms with Crippen LogP contribution in [0.3, 0.4) is 0 Å². The minimum absolute atomic E-state index is 0.0314. The van der Waals surface area contributed by atoms with E-state index in [1.54, 1.807) is 4.90 Å². The van der Waals surface area contributed by atoms with Gasteiger partial charge >= 0.3 is 0 Å². The van der Waals surface area contributed by atoms with Crippen LogP contribution in [-0.2, 0) is 4.79 Å². The van der Waals surface area contributed by atoms with Crippen LogP contribution in [0, 0.1) is 11.8 Å². The molecule has 104 valence electrons. The second-order valence-corrected chi connectivity index (χ2v) is 6.31. The Balaban J connectivity index is 1.71. The maximum absolute atomic E-state index is 12.0. The smallest absolute Gasteiger partial charge is 0.263 e. The largest absolute Gasteiger partial charge is 0.356 e. The van der Waals surface area contributed by atoms with Crippen LogP contribution in [-0.4, -0.2) is 36.3 Å². The van der Waals surface area contributed by atoms with E-state index in [2.05, 4.69) is 19.2 Å².